The van der Waals surface area contributed by atoms with Gasteiger partial charge in [0.15, 0.2) is 4.67 Å². The van der Waals surface area contributed by atoms with Crippen molar-refractivity contribution in [3.8, 4) is 0 Å². The number of benzene rings is 1. The van der Waals surface area contributed by atoms with E-state index in [9.17, 15) is 14.7 Å². The number of thiocarbonyl (C=S) groups is 1. The summed E-state index contributed by atoms with van der Waals surface area (Å²) >= 11 is 9.52. The SMILES string of the molecule is O=C(O)[C@H](Cc1ccccc1)N1C(=O)/C(=C\c2ccc(Br)o2)SC1=S. The topological polar surface area (TPSA) is 70.8 Å². The predicted molar refractivity (Wildman–Crippen MR) is 103 cm³/mol. The van der Waals surface area contributed by atoms with Crippen LogP contribution < -0.4 is 0 Å². The zero-order valence-corrected chi connectivity index (χ0v) is 15.9. The van der Waals surface area contributed by atoms with Crippen LogP contribution in [0.3, 0.4) is 0 Å². The molecule has 1 aliphatic rings. The van der Waals surface area contributed by atoms with Crippen LogP contribution in [0.4, 0.5) is 0 Å². The first-order valence-corrected chi connectivity index (χ1v) is 9.26. The summed E-state index contributed by atoms with van der Waals surface area (Å²) in [7, 11) is 0. The third-order valence-electron chi connectivity index (χ3n) is 3.56. The van der Waals surface area contributed by atoms with Crippen LogP contribution in [0.2, 0.25) is 0 Å². The summed E-state index contributed by atoms with van der Waals surface area (Å²) in [5.41, 5.74) is 0.822. The quantitative estimate of drug-likeness (QED) is 0.564. The van der Waals surface area contributed by atoms with Crippen molar-refractivity contribution < 1.29 is 19.1 Å². The molecule has 0 bridgehead atoms. The van der Waals surface area contributed by atoms with E-state index >= 15 is 0 Å². The van der Waals surface area contributed by atoms with Crippen LogP contribution in [0.25, 0.3) is 6.08 Å². The van der Waals surface area contributed by atoms with Crippen molar-refractivity contribution in [3.05, 3.63) is 63.4 Å². The normalized spacial score (nSPS) is 17.3. The molecule has 1 aromatic heterocycles. The minimum absolute atomic E-state index is 0.183. The van der Waals surface area contributed by atoms with Gasteiger partial charge in [0, 0.05) is 12.5 Å². The Bertz CT molecular complexity index is 863. The number of carbonyl (C=O) groups excluding carboxylic acids is 1. The lowest BCUT2D eigenvalue weighted by atomic mass is 10.0. The number of hydrogen-bond acceptors (Lipinski definition) is 5. The van der Waals surface area contributed by atoms with Crippen molar-refractivity contribution >= 4 is 62.2 Å². The Morgan fingerprint density at radius 3 is 2.64 bits per heavy atom. The van der Waals surface area contributed by atoms with Gasteiger partial charge in [0.25, 0.3) is 5.91 Å². The van der Waals surface area contributed by atoms with Gasteiger partial charge in [0.2, 0.25) is 0 Å². The number of amides is 1. The van der Waals surface area contributed by atoms with Crippen molar-refractivity contribution in [1.29, 1.82) is 0 Å². The molecule has 1 N–H and O–H groups in total. The summed E-state index contributed by atoms with van der Waals surface area (Å²) in [6.45, 7) is 0. The van der Waals surface area contributed by atoms with Crippen molar-refractivity contribution in [3.63, 3.8) is 0 Å². The second kappa shape index (κ2) is 7.55. The van der Waals surface area contributed by atoms with Crippen molar-refractivity contribution in [2.24, 2.45) is 0 Å². The number of nitrogens with zero attached hydrogens (tertiary/aromatic N) is 1. The summed E-state index contributed by atoms with van der Waals surface area (Å²) in [5.74, 6) is -1.03. The van der Waals surface area contributed by atoms with E-state index in [0.717, 1.165) is 17.3 Å². The first kappa shape index (κ1) is 17.9. The van der Waals surface area contributed by atoms with E-state index in [2.05, 4.69) is 15.9 Å². The highest BCUT2D eigenvalue weighted by molar-refractivity contribution is 9.10. The van der Waals surface area contributed by atoms with E-state index in [1.54, 1.807) is 18.2 Å². The number of rotatable bonds is 5. The fourth-order valence-corrected chi connectivity index (χ4v) is 4.07. The molecule has 1 aliphatic heterocycles. The third-order valence-corrected chi connectivity index (χ3v) is 5.32. The molecule has 8 heteroatoms. The molecule has 25 heavy (non-hydrogen) atoms. The number of furan rings is 1. The number of carboxylic acid groups (broad SMARTS) is 1. The zero-order valence-electron chi connectivity index (χ0n) is 12.7. The number of hydrogen-bond donors (Lipinski definition) is 1. The average molecular weight is 438 g/mol. The lowest BCUT2D eigenvalue weighted by Gasteiger charge is -2.23. The lowest BCUT2D eigenvalue weighted by Crippen LogP contribution is -2.45. The maximum Gasteiger partial charge on any atom is 0.327 e. The van der Waals surface area contributed by atoms with Gasteiger partial charge in [-0.25, -0.2) is 4.79 Å². The lowest BCUT2D eigenvalue weighted by molar-refractivity contribution is -0.145. The molecular formula is C17H12BrNO4S2. The number of carbonyl (C=O) groups is 2. The second-order valence-corrected chi connectivity index (χ2v) is 7.69. The largest absolute Gasteiger partial charge is 0.480 e. The molecule has 1 fully saturated rings. The second-order valence-electron chi connectivity index (χ2n) is 5.24. The smallest absolute Gasteiger partial charge is 0.327 e. The van der Waals surface area contributed by atoms with Crippen molar-refractivity contribution in [2.75, 3.05) is 0 Å². The minimum atomic E-state index is -1.10. The summed E-state index contributed by atoms with van der Waals surface area (Å²) < 4.78 is 6.13. The van der Waals surface area contributed by atoms with E-state index < -0.39 is 17.9 Å². The molecule has 1 saturated heterocycles. The maximum absolute atomic E-state index is 12.7. The highest BCUT2D eigenvalue weighted by atomic mass is 79.9. The van der Waals surface area contributed by atoms with Gasteiger partial charge in [0.05, 0.1) is 4.91 Å². The molecule has 3 rings (SSSR count). The molecule has 0 saturated carbocycles. The molecule has 0 aliphatic carbocycles. The first-order valence-electron chi connectivity index (χ1n) is 7.25. The first-order chi connectivity index (χ1) is 12.0. The van der Waals surface area contributed by atoms with Gasteiger partial charge in [-0.2, -0.15) is 0 Å². The third kappa shape index (κ3) is 4.02. The molecular weight excluding hydrogens is 426 g/mol. The van der Waals surface area contributed by atoms with Crippen molar-refractivity contribution in [2.45, 2.75) is 12.5 Å². The highest BCUT2D eigenvalue weighted by Crippen LogP contribution is 2.35. The number of aliphatic carboxylic acids is 1. The van der Waals surface area contributed by atoms with Crippen LogP contribution in [-0.4, -0.2) is 32.2 Å². The highest BCUT2D eigenvalue weighted by Gasteiger charge is 2.40. The van der Waals surface area contributed by atoms with E-state index in [1.165, 1.54) is 4.90 Å². The van der Waals surface area contributed by atoms with Crippen LogP contribution >= 0.6 is 39.9 Å². The Morgan fingerprint density at radius 2 is 2.04 bits per heavy atom. The Kier molecular flexibility index (Phi) is 5.41. The summed E-state index contributed by atoms with van der Waals surface area (Å²) in [6, 6.07) is 11.5. The molecule has 1 aromatic carbocycles. The molecule has 2 aromatic rings. The van der Waals surface area contributed by atoms with E-state index in [1.807, 2.05) is 30.3 Å². The van der Waals surface area contributed by atoms with Gasteiger partial charge in [-0.15, -0.1) is 0 Å². The van der Waals surface area contributed by atoms with Crippen LogP contribution in [0.1, 0.15) is 11.3 Å². The summed E-state index contributed by atoms with van der Waals surface area (Å²) in [5, 5.41) is 9.60. The van der Waals surface area contributed by atoms with Gasteiger partial charge in [-0.3, -0.25) is 9.69 Å². The maximum atomic E-state index is 12.7. The Morgan fingerprint density at radius 1 is 1.32 bits per heavy atom. The molecule has 2 heterocycles. The van der Waals surface area contributed by atoms with E-state index in [4.69, 9.17) is 16.6 Å². The molecule has 0 spiro atoms. The standard InChI is InChI=1S/C17H12BrNO4S2/c18-14-7-6-11(23-14)9-13-15(20)19(17(24)25-13)12(16(21)22)8-10-4-2-1-3-5-10/h1-7,9,12H,8H2,(H,21,22)/b13-9+/t12-/m0/s1. The van der Waals surface area contributed by atoms with E-state index in [-0.39, 0.29) is 10.7 Å². The van der Waals surface area contributed by atoms with Crippen LogP contribution in [0.5, 0.6) is 0 Å². The van der Waals surface area contributed by atoms with E-state index in [0.29, 0.717) is 15.3 Å². The molecule has 5 nitrogen and oxygen atoms in total. The van der Waals surface area contributed by atoms with Gasteiger partial charge in [0.1, 0.15) is 16.1 Å². The molecule has 1 amide bonds. The number of carboxylic acids is 1. The summed E-state index contributed by atoms with van der Waals surface area (Å²) in [4.78, 5) is 25.9. The number of halogens is 1. The predicted octanol–water partition coefficient (Wildman–Crippen LogP) is 3.94. The Balaban J connectivity index is 1.86. The van der Waals surface area contributed by atoms with Crippen LogP contribution in [-0.2, 0) is 16.0 Å². The van der Waals surface area contributed by atoms with Gasteiger partial charge in [-0.05, 0) is 33.6 Å². The van der Waals surface area contributed by atoms with Gasteiger partial charge >= 0.3 is 5.97 Å². The van der Waals surface area contributed by atoms with Gasteiger partial charge < -0.3 is 9.52 Å². The summed E-state index contributed by atoms with van der Waals surface area (Å²) in [6.07, 6.45) is 1.74. The van der Waals surface area contributed by atoms with Crippen LogP contribution in [0.15, 0.2) is 56.5 Å². The Labute approximate surface area is 161 Å². The Hall–Kier alpha value is -1.90. The number of thioether (sulfide) groups is 1. The fraction of sp³-hybridized carbons (Fsp3) is 0.118. The monoisotopic (exact) mass is 437 g/mol. The van der Waals surface area contributed by atoms with Gasteiger partial charge in [-0.1, -0.05) is 54.3 Å². The molecule has 0 unspecified atom stereocenters. The molecule has 128 valence electrons. The molecule has 1 atom stereocenters. The fourth-order valence-electron chi connectivity index (χ4n) is 2.41. The zero-order chi connectivity index (χ0) is 18.0. The van der Waals surface area contributed by atoms with Crippen LogP contribution in [0, 0.1) is 0 Å². The van der Waals surface area contributed by atoms with Crippen molar-refractivity contribution in [1.82, 2.24) is 4.90 Å². The average Bonchev–Trinajstić information content (AvgIpc) is 3.10. The molecule has 0 radical (unpaired) electrons. The minimum Gasteiger partial charge on any atom is -0.480 e.